The third-order valence-corrected chi connectivity index (χ3v) is 5.15. The van der Waals surface area contributed by atoms with Crippen molar-refractivity contribution in [1.29, 1.82) is 0 Å². The first kappa shape index (κ1) is 22.8. The van der Waals surface area contributed by atoms with Gasteiger partial charge in [0.15, 0.2) is 23.2 Å². The smallest absolute Gasteiger partial charge is 0.224 e. The van der Waals surface area contributed by atoms with E-state index < -0.39 is 23.5 Å². The number of fused-ring (bicyclic) bond motifs is 1. The van der Waals surface area contributed by atoms with E-state index in [2.05, 4.69) is 15.3 Å². The molecule has 31 heavy (non-hydrogen) atoms. The van der Waals surface area contributed by atoms with Gasteiger partial charge in [0.2, 0.25) is 5.91 Å². The van der Waals surface area contributed by atoms with Crippen molar-refractivity contribution in [2.75, 3.05) is 6.54 Å². The van der Waals surface area contributed by atoms with Crippen LogP contribution in [0.1, 0.15) is 17.7 Å². The number of amides is 1. The summed E-state index contributed by atoms with van der Waals surface area (Å²) in [6, 6.07) is 0.520. The Kier molecular flexibility index (Phi) is 6.65. The van der Waals surface area contributed by atoms with E-state index in [0.717, 1.165) is 11.8 Å². The number of aryl methyl sites for hydroxylation is 1. The summed E-state index contributed by atoms with van der Waals surface area (Å²) in [5, 5.41) is 8.33. The molecule has 0 unspecified atom stereocenters. The number of nitrogens with zero attached hydrogens (tertiary/aromatic N) is 6. The summed E-state index contributed by atoms with van der Waals surface area (Å²) in [5.41, 5.74) is 7.31. The van der Waals surface area contributed by atoms with Gasteiger partial charge in [0.1, 0.15) is 5.82 Å². The zero-order valence-corrected chi connectivity index (χ0v) is 17.4. The van der Waals surface area contributed by atoms with Gasteiger partial charge in [-0.05, 0) is 18.1 Å². The monoisotopic (exact) mass is 455 g/mol. The Labute approximate surface area is 182 Å². The fraction of sp³-hybridized carbons (Fsp3) is 0.368. The first-order chi connectivity index (χ1) is 14.3. The van der Waals surface area contributed by atoms with Crippen molar-refractivity contribution in [3.8, 4) is 11.5 Å². The van der Waals surface area contributed by atoms with Crippen LogP contribution in [0.25, 0.3) is 11.5 Å². The fourth-order valence-electron chi connectivity index (χ4n) is 3.55. The van der Waals surface area contributed by atoms with Gasteiger partial charge in [-0.3, -0.25) is 4.79 Å². The molecule has 8 nitrogen and oxygen atoms in total. The molecule has 2 N–H and O–H groups in total. The molecule has 0 saturated heterocycles. The van der Waals surface area contributed by atoms with E-state index in [9.17, 15) is 18.0 Å². The van der Waals surface area contributed by atoms with Crippen molar-refractivity contribution < 1.29 is 18.0 Å². The van der Waals surface area contributed by atoms with Crippen LogP contribution in [0.2, 0.25) is 0 Å². The standard InChI is InChI=1S/C19H20F3N7O.ClH/c1-27-3-2-24-19(27)18-16-10-28(4-5-29(16)26-25-18)17(30)8-12(23)6-11-7-14(21)15(22)9-13(11)20;/h2-3,7,9,12H,4-6,8,10,23H2,1H3;1H/t12-;/m1./s1. The van der Waals surface area contributed by atoms with E-state index in [0.29, 0.717) is 37.2 Å². The predicted octanol–water partition coefficient (Wildman–Crippen LogP) is 1.82. The number of hydrogen-bond donors (Lipinski definition) is 1. The van der Waals surface area contributed by atoms with Crippen LogP contribution in [0.4, 0.5) is 13.2 Å². The van der Waals surface area contributed by atoms with Crippen LogP contribution in [0.15, 0.2) is 24.5 Å². The average molecular weight is 456 g/mol. The lowest BCUT2D eigenvalue weighted by Crippen LogP contribution is -2.41. The third kappa shape index (κ3) is 4.57. The van der Waals surface area contributed by atoms with Crippen LogP contribution < -0.4 is 5.73 Å². The Bertz CT molecular complexity index is 1100. The fourth-order valence-corrected chi connectivity index (χ4v) is 3.55. The van der Waals surface area contributed by atoms with Crippen molar-refractivity contribution in [3.63, 3.8) is 0 Å². The van der Waals surface area contributed by atoms with Crippen LogP contribution in [0.3, 0.4) is 0 Å². The molecule has 4 rings (SSSR count). The highest BCUT2D eigenvalue weighted by molar-refractivity contribution is 5.85. The van der Waals surface area contributed by atoms with Crippen molar-refractivity contribution in [3.05, 3.63) is 53.2 Å². The normalized spacial score (nSPS) is 14.2. The first-order valence-electron chi connectivity index (χ1n) is 9.40. The van der Waals surface area contributed by atoms with Crippen LogP contribution in [-0.4, -0.2) is 47.9 Å². The number of carbonyl (C=O) groups excluding carboxylic acids is 1. The van der Waals surface area contributed by atoms with Gasteiger partial charge in [-0.25, -0.2) is 22.8 Å². The molecule has 2 aromatic heterocycles. The summed E-state index contributed by atoms with van der Waals surface area (Å²) >= 11 is 0. The highest BCUT2D eigenvalue weighted by Crippen LogP contribution is 2.24. The summed E-state index contributed by atoms with van der Waals surface area (Å²) in [6.07, 6.45) is 3.31. The zero-order chi connectivity index (χ0) is 21.4. The lowest BCUT2D eigenvalue weighted by atomic mass is 10.0. The molecule has 0 saturated carbocycles. The van der Waals surface area contributed by atoms with Crippen LogP contribution in [-0.2, 0) is 31.4 Å². The molecular formula is C19H21ClF3N7O. The van der Waals surface area contributed by atoms with E-state index >= 15 is 0 Å². The lowest BCUT2D eigenvalue weighted by molar-refractivity contribution is -0.133. The maximum Gasteiger partial charge on any atom is 0.224 e. The van der Waals surface area contributed by atoms with Gasteiger partial charge in [0, 0.05) is 44.5 Å². The number of nitrogens with two attached hydrogens (primary N) is 1. The summed E-state index contributed by atoms with van der Waals surface area (Å²) in [4.78, 5) is 18.7. The maximum absolute atomic E-state index is 13.8. The molecule has 1 aliphatic rings. The largest absolute Gasteiger partial charge is 0.335 e. The molecule has 1 aliphatic heterocycles. The second kappa shape index (κ2) is 9.06. The summed E-state index contributed by atoms with van der Waals surface area (Å²) in [6.45, 7) is 1.20. The third-order valence-electron chi connectivity index (χ3n) is 5.15. The SMILES string of the molecule is Cl.Cn1ccnc1-c1nnn2c1CN(C(=O)C[C@H](N)Cc1cc(F)c(F)cc1F)CC2. The number of carbonyl (C=O) groups is 1. The summed E-state index contributed by atoms with van der Waals surface area (Å²) in [7, 11) is 1.84. The molecular weight excluding hydrogens is 435 g/mol. The Morgan fingerprint density at radius 2 is 1.94 bits per heavy atom. The van der Waals surface area contributed by atoms with Gasteiger partial charge in [-0.15, -0.1) is 17.5 Å². The zero-order valence-electron chi connectivity index (χ0n) is 16.6. The van der Waals surface area contributed by atoms with E-state index in [1.165, 1.54) is 0 Å². The van der Waals surface area contributed by atoms with Gasteiger partial charge in [-0.1, -0.05) is 5.21 Å². The van der Waals surface area contributed by atoms with Crippen molar-refractivity contribution >= 4 is 18.3 Å². The Morgan fingerprint density at radius 1 is 1.19 bits per heavy atom. The molecule has 0 fully saturated rings. The second-order valence-electron chi connectivity index (χ2n) is 7.31. The minimum atomic E-state index is -1.26. The quantitative estimate of drug-likeness (QED) is 0.592. The number of imidazole rings is 1. The highest BCUT2D eigenvalue weighted by Gasteiger charge is 2.28. The van der Waals surface area contributed by atoms with Crippen molar-refractivity contribution in [2.45, 2.75) is 32.0 Å². The van der Waals surface area contributed by atoms with Gasteiger partial charge in [0.25, 0.3) is 0 Å². The highest BCUT2D eigenvalue weighted by atomic mass is 35.5. The minimum absolute atomic E-state index is 0. The van der Waals surface area contributed by atoms with Crippen LogP contribution in [0, 0.1) is 17.5 Å². The Morgan fingerprint density at radius 3 is 2.65 bits per heavy atom. The van der Waals surface area contributed by atoms with Crippen molar-refractivity contribution in [2.24, 2.45) is 12.8 Å². The number of benzene rings is 1. The van der Waals surface area contributed by atoms with Crippen molar-refractivity contribution in [1.82, 2.24) is 29.4 Å². The molecule has 12 heteroatoms. The van der Waals surface area contributed by atoms with Gasteiger partial charge in [-0.2, -0.15) is 0 Å². The molecule has 1 aromatic carbocycles. The number of rotatable bonds is 5. The van der Waals surface area contributed by atoms with E-state index in [4.69, 9.17) is 5.73 Å². The van der Waals surface area contributed by atoms with E-state index in [1.54, 1.807) is 22.0 Å². The molecule has 3 aromatic rings. The number of halogens is 4. The molecule has 1 atom stereocenters. The summed E-state index contributed by atoms with van der Waals surface area (Å²) in [5.74, 6) is -2.87. The van der Waals surface area contributed by atoms with Crippen LogP contribution >= 0.6 is 12.4 Å². The summed E-state index contributed by atoms with van der Waals surface area (Å²) < 4.78 is 43.9. The number of hydrogen-bond acceptors (Lipinski definition) is 5. The second-order valence-corrected chi connectivity index (χ2v) is 7.31. The van der Waals surface area contributed by atoms with Crippen LogP contribution in [0.5, 0.6) is 0 Å². The molecule has 0 radical (unpaired) electrons. The Balaban J connectivity index is 0.00000272. The molecule has 1 amide bonds. The van der Waals surface area contributed by atoms with Gasteiger partial charge < -0.3 is 15.2 Å². The molecule has 0 bridgehead atoms. The molecule has 3 heterocycles. The maximum atomic E-state index is 13.8. The lowest BCUT2D eigenvalue weighted by Gasteiger charge is -2.28. The minimum Gasteiger partial charge on any atom is -0.335 e. The first-order valence-corrected chi connectivity index (χ1v) is 9.40. The van der Waals surface area contributed by atoms with E-state index in [-0.39, 0.29) is 36.7 Å². The molecule has 0 aliphatic carbocycles. The van der Waals surface area contributed by atoms with Gasteiger partial charge >= 0.3 is 0 Å². The van der Waals surface area contributed by atoms with E-state index in [1.807, 2.05) is 11.6 Å². The predicted molar refractivity (Wildman–Crippen MR) is 108 cm³/mol. The molecule has 0 spiro atoms. The average Bonchev–Trinajstić information content (AvgIpc) is 3.31. The topological polar surface area (TPSA) is 94.9 Å². The number of aromatic nitrogens is 5. The Hall–Kier alpha value is -2.92. The molecule has 166 valence electrons. The van der Waals surface area contributed by atoms with Gasteiger partial charge in [0.05, 0.1) is 18.8 Å².